The van der Waals surface area contributed by atoms with Crippen LogP contribution >= 0.6 is 0 Å². The highest BCUT2D eigenvalue weighted by atomic mass is 16.3. The van der Waals surface area contributed by atoms with Crippen molar-refractivity contribution in [3.63, 3.8) is 0 Å². The maximum atomic E-state index is 10.4. The first-order valence-corrected chi connectivity index (χ1v) is 9.42. The maximum absolute atomic E-state index is 10.4. The van der Waals surface area contributed by atoms with E-state index in [2.05, 4.69) is 21.8 Å². The second kappa shape index (κ2) is 10.1. The van der Waals surface area contributed by atoms with Gasteiger partial charge in [0.25, 0.3) is 0 Å². The van der Waals surface area contributed by atoms with Crippen LogP contribution < -0.4 is 4.90 Å². The molecule has 0 aliphatic carbocycles. The first-order valence-electron chi connectivity index (χ1n) is 9.42. The van der Waals surface area contributed by atoms with Crippen LogP contribution in [-0.2, 0) is 0 Å². The number of aliphatic hydroxyl groups is 3. The lowest BCUT2D eigenvalue weighted by atomic mass is 10.00. The second-order valence-corrected chi connectivity index (χ2v) is 7.15. The molecular formula is C19H33N3O3. The Balaban J connectivity index is 1.83. The molecule has 6 nitrogen and oxygen atoms in total. The van der Waals surface area contributed by atoms with Gasteiger partial charge < -0.3 is 25.1 Å². The highest BCUT2D eigenvalue weighted by Gasteiger charge is 2.17. The van der Waals surface area contributed by atoms with Gasteiger partial charge in [-0.15, -0.1) is 0 Å². The Bertz CT molecular complexity index is 506. The number of aromatic nitrogens is 1. The van der Waals surface area contributed by atoms with Crippen molar-refractivity contribution in [2.45, 2.75) is 57.3 Å². The van der Waals surface area contributed by atoms with Crippen LogP contribution in [0.1, 0.15) is 50.7 Å². The SMILES string of the molecule is CCC(O)CCC(O)CCC(O)c1cncc(N2CCN(C)CC2)c1. The molecule has 2 heterocycles. The molecule has 142 valence electrons. The number of rotatable bonds is 9. The Hall–Kier alpha value is -1.21. The lowest BCUT2D eigenvalue weighted by Gasteiger charge is -2.34. The summed E-state index contributed by atoms with van der Waals surface area (Å²) in [4.78, 5) is 8.89. The predicted octanol–water partition coefficient (Wildman–Crippen LogP) is 1.56. The number of pyridine rings is 1. The molecule has 0 amide bonds. The summed E-state index contributed by atoms with van der Waals surface area (Å²) in [5.41, 5.74) is 1.86. The normalized spacial score (nSPS) is 19.6. The van der Waals surface area contributed by atoms with Gasteiger partial charge in [0, 0.05) is 37.9 Å². The standard InChI is InChI=1S/C19H33N3O3/c1-3-17(23)4-5-18(24)6-7-19(25)15-12-16(14-20-13-15)22-10-8-21(2)9-11-22/h12-14,17-19,23-25H,3-11H2,1-2H3. The third-order valence-corrected chi connectivity index (χ3v) is 5.08. The minimum absolute atomic E-state index is 0.343. The van der Waals surface area contributed by atoms with Crippen LogP contribution in [0.2, 0.25) is 0 Å². The van der Waals surface area contributed by atoms with Crippen LogP contribution in [0.5, 0.6) is 0 Å². The van der Waals surface area contributed by atoms with Gasteiger partial charge in [0.15, 0.2) is 0 Å². The first kappa shape index (κ1) is 20.1. The van der Waals surface area contributed by atoms with Gasteiger partial charge in [-0.25, -0.2) is 0 Å². The molecule has 3 N–H and O–H groups in total. The molecule has 0 radical (unpaired) electrons. The minimum Gasteiger partial charge on any atom is -0.393 e. The molecule has 3 atom stereocenters. The lowest BCUT2D eigenvalue weighted by Crippen LogP contribution is -2.44. The molecule has 1 aromatic rings. The molecule has 1 aliphatic heterocycles. The summed E-state index contributed by atoms with van der Waals surface area (Å²) in [6, 6.07) is 2.01. The Labute approximate surface area is 151 Å². The summed E-state index contributed by atoms with van der Waals surface area (Å²) >= 11 is 0. The summed E-state index contributed by atoms with van der Waals surface area (Å²) in [6.45, 7) is 5.93. The number of hydrogen-bond acceptors (Lipinski definition) is 6. The van der Waals surface area contributed by atoms with E-state index in [4.69, 9.17) is 0 Å². The Morgan fingerprint density at radius 3 is 2.28 bits per heavy atom. The van der Waals surface area contributed by atoms with E-state index < -0.39 is 12.2 Å². The maximum Gasteiger partial charge on any atom is 0.0806 e. The fourth-order valence-electron chi connectivity index (χ4n) is 3.11. The average molecular weight is 351 g/mol. The Morgan fingerprint density at radius 1 is 0.960 bits per heavy atom. The van der Waals surface area contributed by atoms with Gasteiger partial charge in [-0.05, 0) is 45.2 Å². The summed E-state index contributed by atoms with van der Waals surface area (Å²) in [6.07, 6.45) is 5.02. The van der Waals surface area contributed by atoms with E-state index >= 15 is 0 Å². The van der Waals surface area contributed by atoms with Crippen molar-refractivity contribution in [3.05, 3.63) is 24.0 Å². The molecule has 1 fully saturated rings. The van der Waals surface area contributed by atoms with Crippen molar-refractivity contribution in [1.29, 1.82) is 0 Å². The predicted molar refractivity (Wildman–Crippen MR) is 99.7 cm³/mol. The molecule has 3 unspecified atom stereocenters. The van der Waals surface area contributed by atoms with E-state index in [0.717, 1.165) is 37.4 Å². The monoisotopic (exact) mass is 351 g/mol. The van der Waals surface area contributed by atoms with Gasteiger partial charge in [-0.3, -0.25) is 4.98 Å². The van der Waals surface area contributed by atoms with Gasteiger partial charge in [-0.2, -0.15) is 0 Å². The van der Waals surface area contributed by atoms with Gasteiger partial charge in [0.2, 0.25) is 0 Å². The molecule has 1 saturated heterocycles. The molecular weight excluding hydrogens is 318 g/mol. The second-order valence-electron chi connectivity index (χ2n) is 7.15. The van der Waals surface area contributed by atoms with E-state index in [1.807, 2.05) is 19.2 Å². The van der Waals surface area contributed by atoms with E-state index in [0.29, 0.717) is 32.1 Å². The number of aliphatic hydroxyl groups excluding tert-OH is 3. The van der Waals surface area contributed by atoms with E-state index in [-0.39, 0.29) is 6.10 Å². The molecule has 0 spiro atoms. The van der Waals surface area contributed by atoms with Crippen molar-refractivity contribution in [1.82, 2.24) is 9.88 Å². The van der Waals surface area contributed by atoms with E-state index in [9.17, 15) is 15.3 Å². The van der Waals surface area contributed by atoms with E-state index in [1.54, 1.807) is 6.20 Å². The largest absolute Gasteiger partial charge is 0.393 e. The Kier molecular flexibility index (Phi) is 8.09. The van der Waals surface area contributed by atoms with Crippen LogP contribution in [-0.4, -0.2) is 70.6 Å². The molecule has 2 rings (SSSR count). The number of hydrogen-bond donors (Lipinski definition) is 3. The van der Waals surface area contributed by atoms with Crippen molar-refractivity contribution in [3.8, 4) is 0 Å². The third-order valence-electron chi connectivity index (χ3n) is 5.08. The topological polar surface area (TPSA) is 80.1 Å². The Morgan fingerprint density at radius 2 is 1.60 bits per heavy atom. The minimum atomic E-state index is -0.620. The summed E-state index contributed by atoms with van der Waals surface area (Å²) < 4.78 is 0. The first-order chi connectivity index (χ1) is 12.0. The molecule has 0 saturated carbocycles. The van der Waals surface area contributed by atoms with Gasteiger partial charge in [0.1, 0.15) is 0 Å². The number of likely N-dealkylation sites (N-methyl/N-ethyl adjacent to an activating group) is 1. The van der Waals surface area contributed by atoms with Crippen LogP contribution in [0.3, 0.4) is 0 Å². The number of piperazine rings is 1. The molecule has 6 heteroatoms. The van der Waals surface area contributed by atoms with Gasteiger partial charge in [-0.1, -0.05) is 6.92 Å². The highest BCUT2D eigenvalue weighted by Crippen LogP contribution is 2.24. The quantitative estimate of drug-likeness (QED) is 0.626. The fourth-order valence-corrected chi connectivity index (χ4v) is 3.11. The molecule has 0 aromatic carbocycles. The smallest absolute Gasteiger partial charge is 0.0806 e. The zero-order valence-corrected chi connectivity index (χ0v) is 15.5. The van der Waals surface area contributed by atoms with Crippen LogP contribution in [0.25, 0.3) is 0 Å². The molecule has 0 bridgehead atoms. The third kappa shape index (κ3) is 6.55. The van der Waals surface area contributed by atoms with Crippen molar-refractivity contribution in [2.24, 2.45) is 0 Å². The zero-order chi connectivity index (χ0) is 18.2. The number of nitrogens with zero attached hydrogens (tertiary/aromatic N) is 3. The molecule has 1 aromatic heterocycles. The zero-order valence-electron chi connectivity index (χ0n) is 15.5. The van der Waals surface area contributed by atoms with Crippen molar-refractivity contribution in [2.75, 3.05) is 38.1 Å². The fraction of sp³-hybridized carbons (Fsp3) is 0.737. The van der Waals surface area contributed by atoms with Gasteiger partial charge >= 0.3 is 0 Å². The van der Waals surface area contributed by atoms with Crippen LogP contribution in [0.4, 0.5) is 5.69 Å². The molecule has 25 heavy (non-hydrogen) atoms. The average Bonchev–Trinajstić information content (AvgIpc) is 2.64. The van der Waals surface area contributed by atoms with Crippen LogP contribution in [0, 0.1) is 0 Å². The molecule has 1 aliphatic rings. The van der Waals surface area contributed by atoms with Gasteiger partial charge in [0.05, 0.1) is 30.2 Å². The summed E-state index contributed by atoms with van der Waals surface area (Å²) in [5, 5.41) is 30.0. The van der Waals surface area contributed by atoms with Crippen LogP contribution in [0.15, 0.2) is 18.5 Å². The summed E-state index contributed by atoms with van der Waals surface area (Å²) in [5.74, 6) is 0. The van der Waals surface area contributed by atoms with Crippen molar-refractivity contribution < 1.29 is 15.3 Å². The lowest BCUT2D eigenvalue weighted by molar-refractivity contribution is 0.0873. The summed E-state index contributed by atoms with van der Waals surface area (Å²) in [7, 11) is 2.13. The number of anilines is 1. The highest BCUT2D eigenvalue weighted by molar-refractivity contribution is 5.47. The van der Waals surface area contributed by atoms with Crippen molar-refractivity contribution >= 4 is 5.69 Å². The van der Waals surface area contributed by atoms with E-state index in [1.165, 1.54) is 0 Å².